The lowest BCUT2D eigenvalue weighted by Crippen LogP contribution is -2.53. The molecule has 0 aromatic carbocycles. The fourth-order valence-electron chi connectivity index (χ4n) is 3.60. The van der Waals surface area contributed by atoms with E-state index < -0.39 is 27.7 Å². The van der Waals surface area contributed by atoms with Crippen LogP contribution < -0.4 is 0 Å². The van der Waals surface area contributed by atoms with E-state index in [1.807, 2.05) is 0 Å². The lowest BCUT2D eigenvalue weighted by molar-refractivity contribution is 0.246. The highest BCUT2D eigenvalue weighted by atomic mass is 28.4. The maximum absolute atomic E-state index is 6.40. The Balaban J connectivity index is 4.63. The number of hydrogen-bond acceptors (Lipinski definition) is 4. The average molecular weight is 365 g/mol. The predicted molar refractivity (Wildman–Crippen MR) is 105 cm³/mol. The van der Waals surface area contributed by atoms with Crippen LogP contribution in [0.5, 0.6) is 0 Å². The van der Waals surface area contributed by atoms with E-state index in [4.69, 9.17) is 8.23 Å². The Labute approximate surface area is 144 Å². The van der Waals surface area contributed by atoms with Crippen LogP contribution in [0.3, 0.4) is 0 Å². The van der Waals surface area contributed by atoms with Crippen molar-refractivity contribution < 1.29 is 8.23 Å². The summed E-state index contributed by atoms with van der Waals surface area (Å²) in [5.41, 5.74) is 0. The summed E-state index contributed by atoms with van der Waals surface area (Å²) in [5, 5.41) is 0. The Kier molecular flexibility index (Phi) is 10.6. The smallest absolute Gasteiger partial charge is 0.298 e. The van der Waals surface area contributed by atoms with E-state index in [1.54, 1.807) is 0 Å². The van der Waals surface area contributed by atoms with Crippen molar-refractivity contribution in [3.8, 4) is 0 Å². The minimum atomic E-state index is -1.55. The van der Waals surface area contributed by atoms with Crippen LogP contribution in [0.2, 0.25) is 19.6 Å². The molecular weight excluding hydrogens is 324 g/mol. The van der Waals surface area contributed by atoms with E-state index in [0.717, 1.165) is 0 Å². The van der Waals surface area contributed by atoms with Gasteiger partial charge in [0.2, 0.25) is 18.4 Å². The fourth-order valence-corrected chi connectivity index (χ4v) is 13.4. The van der Waals surface area contributed by atoms with Crippen molar-refractivity contribution in [3.05, 3.63) is 0 Å². The third-order valence-corrected chi connectivity index (χ3v) is 14.3. The van der Waals surface area contributed by atoms with Crippen LogP contribution in [0.1, 0.15) is 55.4 Å². The third kappa shape index (κ3) is 7.37. The zero-order valence-electron chi connectivity index (χ0n) is 16.8. The van der Waals surface area contributed by atoms with Crippen molar-refractivity contribution in [2.24, 2.45) is 0 Å². The van der Waals surface area contributed by atoms with Gasteiger partial charge in [0.05, 0.1) is 0 Å². The summed E-state index contributed by atoms with van der Waals surface area (Å²) in [6.45, 7) is 24.9. The Morgan fingerprint density at radius 2 is 0.773 bits per heavy atom. The van der Waals surface area contributed by atoms with Gasteiger partial charge < -0.3 is 17.4 Å². The summed E-state index contributed by atoms with van der Waals surface area (Å²) < 4.78 is 17.9. The molecule has 0 amide bonds. The summed E-state index contributed by atoms with van der Waals surface area (Å²) in [5.74, 6) is 0. The third-order valence-electron chi connectivity index (χ3n) is 4.00. The highest BCUT2D eigenvalue weighted by Crippen LogP contribution is 2.13. The van der Waals surface area contributed by atoms with E-state index >= 15 is 0 Å². The highest BCUT2D eigenvalue weighted by molar-refractivity contribution is 6.66. The van der Waals surface area contributed by atoms with E-state index in [1.165, 1.54) is 0 Å². The first kappa shape index (κ1) is 22.5. The van der Waals surface area contributed by atoms with Gasteiger partial charge in [0.1, 0.15) is 0 Å². The molecule has 134 valence electrons. The largest absolute Gasteiger partial charge is 0.429 e. The van der Waals surface area contributed by atoms with E-state index in [9.17, 15) is 0 Å². The van der Waals surface area contributed by atoms with Crippen molar-refractivity contribution in [2.45, 2.75) is 99.2 Å². The summed E-state index contributed by atoms with van der Waals surface area (Å²) >= 11 is 0. The Hall–Kier alpha value is 0.491. The molecule has 0 heterocycles. The number of hydrogen-bond donors (Lipinski definition) is 0. The van der Waals surface area contributed by atoms with Crippen molar-refractivity contribution >= 4 is 27.7 Å². The molecule has 0 aromatic heterocycles. The van der Waals surface area contributed by atoms with Gasteiger partial charge in [-0.15, -0.1) is 0 Å². The van der Waals surface area contributed by atoms with E-state index in [-0.39, 0.29) is 0 Å². The summed E-state index contributed by atoms with van der Waals surface area (Å²) in [6, 6.07) is 2.17. The summed E-state index contributed by atoms with van der Waals surface area (Å²) in [6.07, 6.45) is 0. The van der Waals surface area contributed by atoms with Crippen molar-refractivity contribution in [1.29, 1.82) is 0 Å². The first-order valence-corrected chi connectivity index (χ1v) is 15.2. The molecule has 0 aliphatic rings. The molecule has 0 bridgehead atoms. The van der Waals surface area contributed by atoms with Gasteiger partial charge in [-0.25, -0.2) is 0 Å². The second-order valence-electron chi connectivity index (χ2n) is 7.31. The highest BCUT2D eigenvalue weighted by Gasteiger charge is 2.28. The molecule has 0 saturated carbocycles. The SMILES string of the molecule is CC(C)N(C(C)C)[SiH](C)O[SiH](C)O[SiH](C)N(C(C)C)C(C)C. The molecule has 2 unspecified atom stereocenters. The minimum Gasteiger partial charge on any atom is -0.429 e. The first-order chi connectivity index (χ1) is 9.98. The van der Waals surface area contributed by atoms with E-state index in [0.29, 0.717) is 24.2 Å². The molecule has 22 heavy (non-hydrogen) atoms. The monoisotopic (exact) mass is 364 g/mol. The molecular formula is C15H40N2O2Si3. The van der Waals surface area contributed by atoms with Gasteiger partial charge >= 0.3 is 0 Å². The second-order valence-corrected chi connectivity index (χ2v) is 14.2. The van der Waals surface area contributed by atoms with Crippen LogP contribution in [0, 0.1) is 0 Å². The molecule has 0 aliphatic heterocycles. The molecule has 0 radical (unpaired) electrons. The quantitative estimate of drug-likeness (QED) is 0.557. The number of nitrogens with zero attached hydrogens (tertiary/aromatic N) is 2. The Morgan fingerprint density at radius 1 is 0.545 bits per heavy atom. The molecule has 0 saturated heterocycles. The van der Waals surface area contributed by atoms with Gasteiger partial charge in [-0.2, -0.15) is 0 Å². The number of rotatable bonds is 10. The molecule has 4 nitrogen and oxygen atoms in total. The van der Waals surface area contributed by atoms with Crippen LogP contribution in [-0.2, 0) is 8.23 Å². The lowest BCUT2D eigenvalue weighted by atomic mass is 10.3. The van der Waals surface area contributed by atoms with Crippen molar-refractivity contribution in [2.75, 3.05) is 0 Å². The predicted octanol–water partition coefficient (Wildman–Crippen LogP) is 2.81. The molecule has 0 fully saturated rings. The van der Waals surface area contributed by atoms with E-state index in [2.05, 4.69) is 84.2 Å². The fraction of sp³-hybridized carbons (Fsp3) is 1.00. The first-order valence-electron chi connectivity index (χ1n) is 8.84. The standard InChI is InChI=1S/C15H40N2O2Si3/c1-12(2)16(13(3)4)20(9)18-22(11)19-21(10)17(14(5)6)15(7)8/h12-15,20-22H,1-11H3. The Morgan fingerprint density at radius 3 is 0.955 bits per heavy atom. The minimum absolute atomic E-state index is 0.542. The van der Waals surface area contributed by atoms with Crippen LogP contribution in [0.4, 0.5) is 0 Å². The van der Waals surface area contributed by atoms with Crippen LogP contribution in [-0.4, -0.2) is 61.0 Å². The molecule has 0 aromatic rings. The van der Waals surface area contributed by atoms with Crippen molar-refractivity contribution in [3.63, 3.8) is 0 Å². The summed E-state index contributed by atoms with van der Waals surface area (Å²) in [7, 11) is -4.27. The topological polar surface area (TPSA) is 24.9 Å². The van der Waals surface area contributed by atoms with Crippen LogP contribution in [0.25, 0.3) is 0 Å². The molecule has 7 heteroatoms. The molecule has 0 N–H and O–H groups in total. The molecule has 0 aliphatic carbocycles. The van der Waals surface area contributed by atoms with Crippen LogP contribution >= 0.6 is 0 Å². The summed E-state index contributed by atoms with van der Waals surface area (Å²) in [4.78, 5) is 0. The van der Waals surface area contributed by atoms with Gasteiger partial charge in [-0.3, -0.25) is 0 Å². The maximum atomic E-state index is 6.40. The van der Waals surface area contributed by atoms with Gasteiger partial charge in [-0.1, -0.05) is 55.4 Å². The zero-order chi connectivity index (χ0) is 17.6. The maximum Gasteiger partial charge on any atom is 0.298 e. The lowest BCUT2D eigenvalue weighted by Gasteiger charge is -2.39. The van der Waals surface area contributed by atoms with Gasteiger partial charge in [0.25, 0.3) is 9.28 Å². The Bertz CT molecular complexity index is 261. The zero-order valence-corrected chi connectivity index (χ0v) is 20.2. The van der Waals surface area contributed by atoms with Gasteiger partial charge in [0, 0.05) is 0 Å². The average Bonchev–Trinajstić information content (AvgIpc) is 2.24. The second kappa shape index (κ2) is 10.4. The molecule has 0 rings (SSSR count). The molecule has 0 spiro atoms. The van der Waals surface area contributed by atoms with Gasteiger partial charge in [0.15, 0.2) is 0 Å². The molecule has 2 atom stereocenters. The van der Waals surface area contributed by atoms with Crippen LogP contribution in [0.15, 0.2) is 0 Å². The normalized spacial score (nSPS) is 17.3. The van der Waals surface area contributed by atoms with Gasteiger partial charge in [-0.05, 0) is 43.8 Å². The van der Waals surface area contributed by atoms with Crippen molar-refractivity contribution in [1.82, 2.24) is 9.13 Å².